The summed E-state index contributed by atoms with van der Waals surface area (Å²) >= 11 is 10.9. The second kappa shape index (κ2) is 10.2. The van der Waals surface area contributed by atoms with E-state index in [0.29, 0.717) is 16.9 Å². The Balaban J connectivity index is 0.00000280. The number of nitrogens with zero attached hydrogens (tertiary/aromatic N) is 2. The Bertz CT molecular complexity index is 890. The lowest BCUT2D eigenvalue weighted by Gasteiger charge is -2.27. The number of aliphatic hydroxyl groups excluding tert-OH is 1. The molecule has 0 saturated heterocycles. The lowest BCUT2D eigenvalue weighted by Crippen LogP contribution is -2.46. The summed E-state index contributed by atoms with van der Waals surface area (Å²) in [6.07, 6.45) is 1.73. The highest BCUT2D eigenvalue weighted by atomic mass is 79.9. The molecular formula is C19H22BrCl2N3O2S. The third-order valence-electron chi connectivity index (χ3n) is 4.00. The molecule has 3 rings (SSSR count). The largest absolute Gasteiger partial charge is 0.474 e. The lowest BCUT2D eigenvalue weighted by molar-refractivity contribution is 0.0961. The summed E-state index contributed by atoms with van der Waals surface area (Å²) in [6, 6.07) is 10.6. The van der Waals surface area contributed by atoms with Crippen LogP contribution >= 0.6 is 51.3 Å². The first-order valence-electron chi connectivity index (χ1n) is 8.54. The highest BCUT2D eigenvalue weighted by Crippen LogP contribution is 2.28. The van der Waals surface area contributed by atoms with Crippen molar-refractivity contribution in [2.24, 2.45) is 0 Å². The fourth-order valence-corrected chi connectivity index (χ4v) is 4.41. The molecule has 0 aliphatic rings. The van der Waals surface area contributed by atoms with Crippen molar-refractivity contribution in [3.8, 4) is 5.88 Å². The molecule has 9 heteroatoms. The number of nitrogens with one attached hydrogen (secondary N) is 1. The molecule has 5 nitrogen and oxygen atoms in total. The number of hydrogen-bond acceptors (Lipinski definition) is 6. The minimum Gasteiger partial charge on any atom is -0.474 e. The monoisotopic (exact) mass is 505 g/mol. The van der Waals surface area contributed by atoms with Gasteiger partial charge in [0.15, 0.2) is 0 Å². The van der Waals surface area contributed by atoms with Crippen molar-refractivity contribution in [3.05, 3.63) is 51.2 Å². The van der Waals surface area contributed by atoms with Gasteiger partial charge in [0.2, 0.25) is 11.2 Å². The smallest absolute Gasteiger partial charge is 0.232 e. The molecule has 152 valence electrons. The second-order valence-electron chi connectivity index (χ2n) is 6.95. The van der Waals surface area contributed by atoms with Crippen molar-refractivity contribution < 1.29 is 9.84 Å². The molecule has 0 bridgehead atoms. The third kappa shape index (κ3) is 6.54. The summed E-state index contributed by atoms with van der Waals surface area (Å²) in [5.41, 5.74) is -0.152. The molecule has 0 spiro atoms. The molecule has 0 fully saturated rings. The van der Waals surface area contributed by atoms with E-state index in [1.165, 1.54) is 21.2 Å². The zero-order valence-electron chi connectivity index (χ0n) is 15.5. The van der Waals surface area contributed by atoms with Crippen LogP contribution in [0.1, 0.15) is 18.7 Å². The van der Waals surface area contributed by atoms with Gasteiger partial charge in [-0.15, -0.1) is 23.7 Å². The third-order valence-corrected chi connectivity index (χ3v) is 5.85. The van der Waals surface area contributed by atoms with Gasteiger partial charge in [0, 0.05) is 27.9 Å². The summed E-state index contributed by atoms with van der Waals surface area (Å²) in [4.78, 5) is 9.15. The van der Waals surface area contributed by atoms with Crippen molar-refractivity contribution in [2.75, 3.05) is 13.2 Å². The summed E-state index contributed by atoms with van der Waals surface area (Å²) in [5, 5.41) is 15.0. The van der Waals surface area contributed by atoms with Gasteiger partial charge < -0.3 is 15.2 Å². The van der Waals surface area contributed by atoms with E-state index in [2.05, 4.69) is 75.4 Å². The Morgan fingerprint density at radius 2 is 2.11 bits per heavy atom. The highest BCUT2D eigenvalue weighted by molar-refractivity contribution is 9.10. The van der Waals surface area contributed by atoms with Crippen LogP contribution in [0.4, 0.5) is 0 Å². The van der Waals surface area contributed by atoms with Crippen LogP contribution in [0.3, 0.4) is 0 Å². The molecule has 3 aromatic rings. The van der Waals surface area contributed by atoms with Crippen LogP contribution < -0.4 is 10.1 Å². The van der Waals surface area contributed by atoms with Gasteiger partial charge in [-0.1, -0.05) is 18.2 Å². The van der Waals surface area contributed by atoms with Gasteiger partial charge in [-0.3, -0.25) is 0 Å². The van der Waals surface area contributed by atoms with Crippen molar-refractivity contribution in [2.45, 2.75) is 31.9 Å². The first-order chi connectivity index (χ1) is 12.8. The predicted octanol–water partition coefficient (Wildman–Crippen LogP) is 4.88. The minimum atomic E-state index is -0.674. The van der Waals surface area contributed by atoms with E-state index in [9.17, 15) is 5.11 Å². The number of halogens is 3. The van der Waals surface area contributed by atoms with Crippen LogP contribution in [0, 0.1) is 0 Å². The predicted molar refractivity (Wildman–Crippen MR) is 121 cm³/mol. The number of ether oxygens (including phenoxy) is 1. The number of β-amino-alcohol motifs (C(OH)–C–C–N with tert-alkyl or cyclic N) is 1. The molecule has 0 aliphatic carbocycles. The van der Waals surface area contributed by atoms with Crippen LogP contribution in [-0.2, 0) is 6.42 Å². The van der Waals surface area contributed by atoms with Gasteiger partial charge in [0.25, 0.3) is 0 Å². The number of benzene rings is 1. The van der Waals surface area contributed by atoms with E-state index in [-0.39, 0.29) is 29.8 Å². The fraction of sp³-hybridized carbons (Fsp3) is 0.368. The molecule has 0 aliphatic heterocycles. The number of rotatable bonds is 8. The summed E-state index contributed by atoms with van der Waals surface area (Å²) in [5.74, 6) is 0.318. The summed E-state index contributed by atoms with van der Waals surface area (Å²) < 4.78 is 7.42. The molecule has 1 atom stereocenters. The Hall–Kier alpha value is -0.960. The Morgan fingerprint density at radius 3 is 2.86 bits per heavy atom. The summed E-state index contributed by atoms with van der Waals surface area (Å²) in [7, 11) is 0. The minimum absolute atomic E-state index is 0. The maximum absolute atomic E-state index is 10.2. The maximum Gasteiger partial charge on any atom is 0.232 e. The second-order valence-corrected chi connectivity index (χ2v) is 9.31. The van der Waals surface area contributed by atoms with E-state index < -0.39 is 6.10 Å². The van der Waals surface area contributed by atoms with Crippen molar-refractivity contribution in [3.63, 3.8) is 0 Å². The standard InChI is InChI=1S/C19H21BrClN3O2S.ClH/c1-19(2,8-14-7-12-5-3-4-6-16(12)27-14)23-9-13(25)11-26-17-15(20)10-22-18(21)24-17;/h3-7,10,13,23,25H,8-9,11H2,1-2H3;1H. The number of fused-ring (bicyclic) bond motifs is 1. The maximum atomic E-state index is 10.2. The zero-order valence-corrected chi connectivity index (χ0v) is 19.5. The molecule has 28 heavy (non-hydrogen) atoms. The Morgan fingerprint density at radius 1 is 1.36 bits per heavy atom. The van der Waals surface area contributed by atoms with Crippen LogP contribution in [-0.4, -0.2) is 39.9 Å². The van der Waals surface area contributed by atoms with Gasteiger partial charge in [-0.25, -0.2) is 4.98 Å². The Kier molecular flexibility index (Phi) is 8.48. The van der Waals surface area contributed by atoms with E-state index in [1.54, 1.807) is 0 Å². The number of aliphatic hydroxyl groups is 1. The van der Waals surface area contributed by atoms with E-state index in [4.69, 9.17) is 16.3 Å². The fourth-order valence-electron chi connectivity index (χ4n) is 2.68. The summed E-state index contributed by atoms with van der Waals surface area (Å²) in [6.45, 7) is 4.78. The molecule has 0 radical (unpaired) electrons. The van der Waals surface area contributed by atoms with Gasteiger partial charge in [-0.2, -0.15) is 4.98 Å². The van der Waals surface area contributed by atoms with Crippen molar-refractivity contribution in [1.82, 2.24) is 15.3 Å². The Labute approximate surface area is 188 Å². The SMILES string of the molecule is CC(C)(Cc1cc2ccccc2s1)NCC(O)COc1nc(Cl)ncc1Br.Cl. The molecule has 0 saturated carbocycles. The number of hydrogen-bond donors (Lipinski definition) is 2. The lowest BCUT2D eigenvalue weighted by atomic mass is 9.99. The number of thiophene rings is 1. The molecular weight excluding hydrogens is 485 g/mol. The van der Waals surface area contributed by atoms with Crippen LogP contribution in [0.5, 0.6) is 5.88 Å². The van der Waals surface area contributed by atoms with E-state index in [0.717, 1.165) is 6.42 Å². The number of aromatic nitrogens is 2. The van der Waals surface area contributed by atoms with Crippen molar-refractivity contribution in [1.29, 1.82) is 0 Å². The van der Waals surface area contributed by atoms with Crippen LogP contribution in [0.25, 0.3) is 10.1 Å². The van der Waals surface area contributed by atoms with Crippen LogP contribution in [0.2, 0.25) is 5.28 Å². The molecule has 0 amide bonds. The molecule has 2 heterocycles. The van der Waals surface area contributed by atoms with E-state index in [1.807, 2.05) is 11.3 Å². The van der Waals surface area contributed by atoms with Gasteiger partial charge >= 0.3 is 0 Å². The first kappa shape index (κ1) is 23.3. The van der Waals surface area contributed by atoms with Gasteiger partial charge in [-0.05, 0) is 65.3 Å². The zero-order chi connectivity index (χ0) is 19.4. The average molecular weight is 507 g/mol. The van der Waals surface area contributed by atoms with E-state index >= 15 is 0 Å². The van der Waals surface area contributed by atoms with Crippen molar-refractivity contribution >= 4 is 61.4 Å². The molecule has 1 aromatic carbocycles. The quantitative estimate of drug-likeness (QED) is 0.426. The topological polar surface area (TPSA) is 67.3 Å². The van der Waals surface area contributed by atoms with Crippen LogP contribution in [0.15, 0.2) is 41.0 Å². The van der Waals surface area contributed by atoms with Gasteiger partial charge in [0.1, 0.15) is 12.7 Å². The highest BCUT2D eigenvalue weighted by Gasteiger charge is 2.21. The molecule has 2 aromatic heterocycles. The normalized spacial score (nSPS) is 12.6. The molecule has 2 N–H and O–H groups in total. The first-order valence-corrected chi connectivity index (χ1v) is 10.5. The molecule has 1 unspecified atom stereocenters. The van der Waals surface area contributed by atoms with Gasteiger partial charge in [0.05, 0.1) is 4.47 Å². The average Bonchev–Trinajstić information content (AvgIpc) is 3.02.